The third kappa shape index (κ3) is 13.2. The Bertz CT molecular complexity index is 420. The maximum atomic E-state index is 5.64. The van der Waals surface area contributed by atoms with E-state index in [1.54, 1.807) is 0 Å². The van der Waals surface area contributed by atoms with Crippen LogP contribution in [0.2, 0.25) is 0 Å². The molecule has 0 aromatic heterocycles. The summed E-state index contributed by atoms with van der Waals surface area (Å²) in [7, 11) is 0. The number of ether oxygens (including phenoxy) is 1. The molecule has 0 radical (unpaired) electrons. The summed E-state index contributed by atoms with van der Waals surface area (Å²) in [6.45, 7) is 7.29. The highest BCUT2D eigenvalue weighted by molar-refractivity contribution is 5.78. The van der Waals surface area contributed by atoms with Crippen LogP contribution >= 0.6 is 0 Å². The van der Waals surface area contributed by atoms with Crippen LogP contribution in [0.4, 0.5) is 0 Å². The van der Waals surface area contributed by atoms with Crippen molar-refractivity contribution < 1.29 is 4.74 Å². The lowest BCUT2D eigenvalue weighted by molar-refractivity contribution is 0.273. The van der Waals surface area contributed by atoms with E-state index in [0.29, 0.717) is 0 Å². The normalized spacial score (nSPS) is 16.5. The summed E-state index contributed by atoms with van der Waals surface area (Å²) in [5.74, 6) is 0.984. The van der Waals surface area contributed by atoms with Gasteiger partial charge in [-0.15, -0.1) is 0 Å². The van der Waals surface area contributed by atoms with Gasteiger partial charge in [-0.25, -0.2) is 4.99 Å². The van der Waals surface area contributed by atoms with Gasteiger partial charge < -0.3 is 4.74 Å². The van der Waals surface area contributed by atoms with Crippen LogP contribution in [-0.2, 0) is 4.74 Å². The monoisotopic (exact) mass is 361 g/mol. The van der Waals surface area contributed by atoms with E-state index >= 15 is 0 Å². The van der Waals surface area contributed by atoms with Crippen LogP contribution in [0.25, 0.3) is 0 Å². The van der Waals surface area contributed by atoms with E-state index < -0.39 is 0 Å². The highest BCUT2D eigenvalue weighted by atomic mass is 16.5. The lowest BCUT2D eigenvalue weighted by Gasteiger charge is -2.07. The van der Waals surface area contributed by atoms with Crippen molar-refractivity contribution in [1.29, 1.82) is 0 Å². The largest absolute Gasteiger partial charge is 0.478 e. The van der Waals surface area contributed by atoms with Crippen LogP contribution in [0, 0.1) is 0 Å². The maximum Gasteiger partial charge on any atom is 0.183 e. The van der Waals surface area contributed by atoms with Crippen molar-refractivity contribution in [3.63, 3.8) is 0 Å². The molecule has 0 aromatic rings. The van der Waals surface area contributed by atoms with Gasteiger partial charge in [0.05, 0.1) is 5.54 Å². The van der Waals surface area contributed by atoms with Crippen LogP contribution in [0.3, 0.4) is 0 Å². The van der Waals surface area contributed by atoms with Gasteiger partial charge in [-0.1, -0.05) is 76.2 Å². The third-order valence-corrected chi connectivity index (χ3v) is 4.86. The zero-order chi connectivity index (χ0) is 18.9. The summed E-state index contributed by atoms with van der Waals surface area (Å²) in [5, 5.41) is 0. The Morgan fingerprint density at radius 3 is 1.96 bits per heavy atom. The molecule has 0 saturated heterocycles. The van der Waals surface area contributed by atoms with Crippen LogP contribution < -0.4 is 0 Å². The Labute approximate surface area is 163 Å². The maximum absolute atomic E-state index is 5.64. The van der Waals surface area contributed by atoms with E-state index in [1.807, 2.05) is 0 Å². The van der Waals surface area contributed by atoms with Gasteiger partial charge in [-0.2, -0.15) is 0 Å². The van der Waals surface area contributed by atoms with Gasteiger partial charge >= 0.3 is 0 Å². The highest BCUT2D eigenvalue weighted by Crippen LogP contribution is 2.20. The van der Waals surface area contributed by atoms with Crippen molar-refractivity contribution >= 4 is 5.90 Å². The number of hydrogen-bond donors (Lipinski definition) is 0. The van der Waals surface area contributed by atoms with E-state index in [9.17, 15) is 0 Å². The van der Waals surface area contributed by atoms with Crippen molar-refractivity contribution in [3.05, 3.63) is 24.3 Å². The summed E-state index contributed by atoms with van der Waals surface area (Å²) in [5.41, 5.74) is 0.00863. The molecule has 0 fully saturated rings. The third-order valence-electron chi connectivity index (χ3n) is 4.86. The predicted octanol–water partition coefficient (Wildman–Crippen LogP) is 7.79. The van der Waals surface area contributed by atoms with E-state index in [1.165, 1.54) is 77.0 Å². The first-order valence-electron chi connectivity index (χ1n) is 11.2. The Morgan fingerprint density at radius 2 is 1.38 bits per heavy atom. The van der Waals surface area contributed by atoms with Crippen molar-refractivity contribution in [2.45, 2.75) is 116 Å². The fraction of sp³-hybridized carbons (Fsp3) is 0.792. The van der Waals surface area contributed by atoms with Gasteiger partial charge in [0.1, 0.15) is 6.61 Å². The topological polar surface area (TPSA) is 21.6 Å². The Hall–Kier alpha value is -1.05. The zero-order valence-corrected chi connectivity index (χ0v) is 17.8. The minimum atomic E-state index is 0.00863. The molecule has 0 N–H and O–H groups in total. The lowest BCUT2D eigenvalue weighted by Crippen LogP contribution is -2.17. The molecule has 0 amide bonds. The molecule has 0 bridgehead atoms. The molecule has 2 heteroatoms. The molecular formula is C24H43NO. The van der Waals surface area contributed by atoms with Gasteiger partial charge in [-0.3, -0.25) is 0 Å². The molecule has 0 spiro atoms. The first-order valence-corrected chi connectivity index (χ1v) is 11.2. The fourth-order valence-corrected chi connectivity index (χ4v) is 3.23. The van der Waals surface area contributed by atoms with E-state index in [4.69, 9.17) is 4.74 Å². The number of aliphatic imine (C=N–C) groups is 1. The van der Waals surface area contributed by atoms with Crippen LogP contribution in [0.1, 0.15) is 111 Å². The van der Waals surface area contributed by atoms with Crippen molar-refractivity contribution in [1.82, 2.24) is 0 Å². The molecular weight excluding hydrogens is 318 g/mol. The number of rotatable bonds is 16. The second kappa shape index (κ2) is 15.1. The second-order valence-electron chi connectivity index (χ2n) is 8.29. The summed E-state index contributed by atoms with van der Waals surface area (Å²) in [4.78, 5) is 4.62. The SMILES string of the molecule is CCCCC/C=C\C/C=C\CCCCCCCCCC1=NC(C)(C)CO1. The molecule has 0 aliphatic carbocycles. The molecule has 1 aliphatic rings. The Kier molecular flexibility index (Phi) is 13.3. The van der Waals surface area contributed by atoms with Gasteiger partial charge in [0.15, 0.2) is 5.90 Å². The molecule has 26 heavy (non-hydrogen) atoms. The number of unbranched alkanes of at least 4 members (excludes halogenated alkanes) is 10. The Morgan fingerprint density at radius 1 is 0.808 bits per heavy atom. The summed E-state index contributed by atoms with van der Waals surface area (Å²) < 4.78 is 5.64. The average Bonchev–Trinajstić information content (AvgIpc) is 2.96. The molecule has 0 unspecified atom stereocenters. The van der Waals surface area contributed by atoms with Crippen molar-refractivity contribution in [2.75, 3.05) is 6.61 Å². The standard InChI is InChI=1S/C24H43NO/c1-4-5-6-7-8-9-10-11-12-13-14-15-16-17-18-19-20-21-23-25-24(2,3)22-26-23/h8-9,11-12H,4-7,10,13-22H2,1-3H3/b9-8-,12-11-. The van der Waals surface area contributed by atoms with Crippen LogP contribution in [0.5, 0.6) is 0 Å². The van der Waals surface area contributed by atoms with Crippen LogP contribution in [0.15, 0.2) is 29.3 Å². The Balaban J connectivity index is 1.80. The van der Waals surface area contributed by atoms with Gasteiger partial charge in [-0.05, 0) is 52.4 Å². The minimum Gasteiger partial charge on any atom is -0.478 e. The molecule has 0 aromatic carbocycles. The average molecular weight is 362 g/mol. The van der Waals surface area contributed by atoms with Crippen LogP contribution in [-0.4, -0.2) is 18.0 Å². The molecule has 1 heterocycles. The zero-order valence-electron chi connectivity index (χ0n) is 17.8. The first kappa shape index (κ1) is 23.0. The molecule has 0 saturated carbocycles. The number of allylic oxidation sites excluding steroid dienone is 4. The molecule has 150 valence electrons. The van der Waals surface area contributed by atoms with Crippen molar-refractivity contribution in [3.8, 4) is 0 Å². The second-order valence-corrected chi connectivity index (χ2v) is 8.29. The highest BCUT2D eigenvalue weighted by Gasteiger charge is 2.25. The quantitative estimate of drug-likeness (QED) is 0.203. The lowest BCUT2D eigenvalue weighted by atomic mass is 10.1. The van der Waals surface area contributed by atoms with E-state index in [2.05, 4.69) is 50.1 Å². The smallest absolute Gasteiger partial charge is 0.183 e. The molecule has 0 atom stereocenters. The van der Waals surface area contributed by atoms with E-state index in [-0.39, 0.29) is 5.54 Å². The number of nitrogens with zero attached hydrogens (tertiary/aromatic N) is 1. The number of hydrogen-bond acceptors (Lipinski definition) is 2. The van der Waals surface area contributed by atoms with Gasteiger partial charge in [0, 0.05) is 6.42 Å². The molecule has 1 rings (SSSR count). The van der Waals surface area contributed by atoms with Gasteiger partial charge in [0.25, 0.3) is 0 Å². The first-order chi connectivity index (χ1) is 12.6. The molecule has 1 aliphatic heterocycles. The fourth-order valence-electron chi connectivity index (χ4n) is 3.23. The molecule has 2 nitrogen and oxygen atoms in total. The van der Waals surface area contributed by atoms with E-state index in [0.717, 1.165) is 25.3 Å². The van der Waals surface area contributed by atoms with Gasteiger partial charge in [0.2, 0.25) is 0 Å². The predicted molar refractivity (Wildman–Crippen MR) is 116 cm³/mol. The minimum absolute atomic E-state index is 0.00863. The summed E-state index contributed by atoms with van der Waals surface area (Å²) in [6.07, 6.45) is 27.4. The summed E-state index contributed by atoms with van der Waals surface area (Å²) in [6, 6.07) is 0. The van der Waals surface area contributed by atoms with Crippen molar-refractivity contribution in [2.24, 2.45) is 4.99 Å². The summed E-state index contributed by atoms with van der Waals surface area (Å²) >= 11 is 0.